The molecule has 1 aromatic rings. The molecule has 1 saturated carbocycles. The molecule has 1 aromatic carbocycles. The van der Waals surface area contributed by atoms with E-state index in [1.165, 1.54) is 0 Å². The Bertz CT molecular complexity index is 521. The molecule has 0 bridgehead atoms. The molecule has 0 spiro atoms. The number of carbonyl (C=O) groups excluding carboxylic acids is 2. The second kappa shape index (κ2) is 7.29. The van der Waals surface area contributed by atoms with E-state index in [2.05, 4.69) is 29.8 Å². The first kappa shape index (κ1) is 16.3. The van der Waals surface area contributed by atoms with Crippen LogP contribution in [0.15, 0.2) is 24.3 Å². The maximum atomic E-state index is 11.9. The van der Waals surface area contributed by atoms with Gasteiger partial charge in [-0.05, 0) is 49.9 Å². The maximum Gasteiger partial charge on any atom is 0.242 e. The third-order valence-corrected chi connectivity index (χ3v) is 3.56. The number of anilines is 2. The van der Waals surface area contributed by atoms with Crippen LogP contribution in [0.25, 0.3) is 0 Å². The second-order valence-corrected chi connectivity index (χ2v) is 6.35. The lowest BCUT2D eigenvalue weighted by Gasteiger charge is -2.16. The summed E-state index contributed by atoms with van der Waals surface area (Å²) in [5.74, 6) is 0.718. The third kappa shape index (κ3) is 5.06. The summed E-state index contributed by atoms with van der Waals surface area (Å²) in [7, 11) is 0. The summed E-state index contributed by atoms with van der Waals surface area (Å²) in [5.41, 5.74) is 1.65. The largest absolute Gasteiger partial charge is 0.374 e. The van der Waals surface area contributed by atoms with Crippen LogP contribution in [0.4, 0.5) is 11.4 Å². The van der Waals surface area contributed by atoms with Crippen LogP contribution in [0.1, 0.15) is 33.6 Å². The van der Waals surface area contributed by atoms with E-state index in [0.29, 0.717) is 12.5 Å². The molecule has 0 saturated heterocycles. The first-order valence-corrected chi connectivity index (χ1v) is 7.91. The van der Waals surface area contributed by atoms with Crippen molar-refractivity contribution in [3.8, 4) is 0 Å². The van der Waals surface area contributed by atoms with Gasteiger partial charge >= 0.3 is 0 Å². The van der Waals surface area contributed by atoms with E-state index < -0.39 is 0 Å². The molecule has 1 aliphatic rings. The van der Waals surface area contributed by atoms with Crippen LogP contribution in [-0.4, -0.2) is 24.4 Å². The summed E-state index contributed by atoms with van der Waals surface area (Å²) in [4.78, 5) is 23.6. The summed E-state index contributed by atoms with van der Waals surface area (Å²) in [6, 6.07) is 7.14. The fourth-order valence-electron chi connectivity index (χ4n) is 2.01. The number of benzene rings is 1. The molecular formula is C17H25N3O2. The first-order chi connectivity index (χ1) is 10.5. The molecule has 1 atom stereocenters. The van der Waals surface area contributed by atoms with Crippen LogP contribution in [0.5, 0.6) is 0 Å². The number of hydrogen-bond donors (Lipinski definition) is 3. The van der Waals surface area contributed by atoms with Gasteiger partial charge in [-0.2, -0.15) is 0 Å². The van der Waals surface area contributed by atoms with Gasteiger partial charge in [-0.1, -0.05) is 13.8 Å². The Morgan fingerprint density at radius 2 is 1.68 bits per heavy atom. The fourth-order valence-corrected chi connectivity index (χ4v) is 2.01. The molecule has 2 rings (SSSR count). The number of carbonyl (C=O) groups is 2. The third-order valence-electron chi connectivity index (χ3n) is 3.56. The van der Waals surface area contributed by atoms with Crippen molar-refractivity contribution in [2.24, 2.45) is 11.8 Å². The molecule has 0 aromatic heterocycles. The van der Waals surface area contributed by atoms with Gasteiger partial charge in [0.2, 0.25) is 11.8 Å². The first-order valence-electron chi connectivity index (χ1n) is 7.91. The molecule has 3 N–H and O–H groups in total. The summed E-state index contributed by atoms with van der Waals surface area (Å²) in [6.07, 6.45) is 1.99. The van der Waals surface area contributed by atoms with Gasteiger partial charge in [-0.3, -0.25) is 9.59 Å². The van der Waals surface area contributed by atoms with Crippen LogP contribution in [-0.2, 0) is 9.59 Å². The molecular weight excluding hydrogens is 278 g/mol. The molecule has 0 heterocycles. The topological polar surface area (TPSA) is 70.2 Å². The normalized spacial score (nSPS) is 15.3. The summed E-state index contributed by atoms with van der Waals surface area (Å²) < 4.78 is 0. The minimum absolute atomic E-state index is 0.0141. The fraction of sp³-hybridized carbons (Fsp3) is 0.529. The highest BCUT2D eigenvalue weighted by atomic mass is 16.2. The van der Waals surface area contributed by atoms with Gasteiger partial charge in [-0.15, -0.1) is 0 Å². The average Bonchev–Trinajstić information content (AvgIpc) is 3.31. The lowest BCUT2D eigenvalue weighted by molar-refractivity contribution is -0.121. The molecule has 120 valence electrons. The minimum atomic E-state index is -0.300. The van der Waals surface area contributed by atoms with Crippen molar-refractivity contribution in [2.75, 3.05) is 17.2 Å². The number of rotatable bonds is 7. The number of hydrogen-bond acceptors (Lipinski definition) is 3. The molecule has 0 aliphatic heterocycles. The van der Waals surface area contributed by atoms with E-state index in [-0.39, 0.29) is 23.8 Å². The van der Waals surface area contributed by atoms with Crippen LogP contribution in [0.3, 0.4) is 0 Å². The molecule has 0 unspecified atom stereocenters. The Balaban J connectivity index is 1.82. The zero-order valence-electron chi connectivity index (χ0n) is 13.5. The quantitative estimate of drug-likeness (QED) is 0.725. The highest BCUT2D eigenvalue weighted by molar-refractivity contribution is 5.94. The van der Waals surface area contributed by atoms with E-state index in [1.54, 1.807) is 0 Å². The lowest BCUT2D eigenvalue weighted by atomic mass is 10.2. The zero-order chi connectivity index (χ0) is 16.1. The Morgan fingerprint density at radius 3 is 2.23 bits per heavy atom. The monoisotopic (exact) mass is 303 g/mol. The zero-order valence-corrected chi connectivity index (χ0v) is 13.5. The van der Waals surface area contributed by atoms with Crippen molar-refractivity contribution < 1.29 is 9.59 Å². The smallest absolute Gasteiger partial charge is 0.242 e. The van der Waals surface area contributed by atoms with Gasteiger partial charge < -0.3 is 16.0 Å². The van der Waals surface area contributed by atoms with E-state index in [4.69, 9.17) is 0 Å². The highest BCUT2D eigenvalue weighted by Crippen LogP contribution is 2.30. The molecule has 5 nitrogen and oxygen atoms in total. The van der Waals surface area contributed by atoms with E-state index in [1.807, 2.05) is 31.2 Å². The molecule has 0 radical (unpaired) electrons. The number of amides is 2. The Labute approximate surface area is 131 Å². The maximum absolute atomic E-state index is 11.9. The van der Waals surface area contributed by atoms with Gasteiger partial charge in [0.25, 0.3) is 0 Å². The minimum Gasteiger partial charge on any atom is -0.374 e. The van der Waals surface area contributed by atoms with Crippen molar-refractivity contribution in [1.29, 1.82) is 0 Å². The van der Waals surface area contributed by atoms with Gasteiger partial charge in [0, 0.05) is 23.8 Å². The van der Waals surface area contributed by atoms with Crippen LogP contribution >= 0.6 is 0 Å². The van der Waals surface area contributed by atoms with Crippen molar-refractivity contribution in [2.45, 2.75) is 39.7 Å². The molecule has 1 fully saturated rings. The Hall–Kier alpha value is -2.04. The van der Waals surface area contributed by atoms with Crippen LogP contribution in [0.2, 0.25) is 0 Å². The van der Waals surface area contributed by atoms with Gasteiger partial charge in [0.05, 0.1) is 0 Å². The van der Waals surface area contributed by atoms with Crippen LogP contribution < -0.4 is 16.0 Å². The Kier molecular flexibility index (Phi) is 5.41. The van der Waals surface area contributed by atoms with Crippen molar-refractivity contribution in [3.05, 3.63) is 24.3 Å². The van der Waals surface area contributed by atoms with Crippen molar-refractivity contribution >= 4 is 23.2 Å². The van der Waals surface area contributed by atoms with E-state index in [0.717, 1.165) is 24.2 Å². The number of nitrogens with one attached hydrogen (secondary N) is 3. The summed E-state index contributed by atoms with van der Waals surface area (Å²) in [6.45, 7) is 6.63. The SMILES string of the molecule is CC(C)CNC(=O)[C@H](C)Nc1ccc(NC(=O)C2CC2)cc1. The van der Waals surface area contributed by atoms with Crippen LogP contribution in [0, 0.1) is 11.8 Å². The summed E-state index contributed by atoms with van der Waals surface area (Å²) in [5, 5.41) is 8.95. The average molecular weight is 303 g/mol. The summed E-state index contributed by atoms with van der Waals surface area (Å²) >= 11 is 0. The second-order valence-electron chi connectivity index (χ2n) is 6.35. The van der Waals surface area contributed by atoms with Gasteiger partial charge in [0.15, 0.2) is 0 Å². The predicted molar refractivity (Wildman–Crippen MR) is 88.7 cm³/mol. The molecule has 5 heteroatoms. The van der Waals surface area contributed by atoms with E-state index >= 15 is 0 Å². The molecule has 1 aliphatic carbocycles. The van der Waals surface area contributed by atoms with Gasteiger partial charge in [-0.25, -0.2) is 0 Å². The van der Waals surface area contributed by atoms with Crippen molar-refractivity contribution in [3.63, 3.8) is 0 Å². The lowest BCUT2D eigenvalue weighted by Crippen LogP contribution is -2.39. The van der Waals surface area contributed by atoms with Crippen molar-refractivity contribution in [1.82, 2.24) is 5.32 Å². The molecule has 2 amide bonds. The molecule has 22 heavy (non-hydrogen) atoms. The van der Waals surface area contributed by atoms with Gasteiger partial charge in [0.1, 0.15) is 6.04 Å². The Morgan fingerprint density at radius 1 is 1.09 bits per heavy atom. The standard InChI is InChI=1S/C17H25N3O2/c1-11(2)10-18-16(21)12(3)19-14-6-8-15(9-7-14)20-17(22)13-4-5-13/h6-9,11-13,19H,4-5,10H2,1-3H3,(H,18,21)(H,20,22)/t12-/m0/s1. The predicted octanol–water partition coefficient (Wildman–Crippen LogP) is 2.61. The highest BCUT2D eigenvalue weighted by Gasteiger charge is 2.29. The van der Waals surface area contributed by atoms with E-state index in [9.17, 15) is 9.59 Å².